The van der Waals surface area contributed by atoms with E-state index in [1.54, 1.807) is 0 Å². The second-order valence-corrected chi connectivity index (χ2v) is 2.33. The average Bonchev–Trinajstić information content (AvgIpc) is 1.82. The highest BCUT2D eigenvalue weighted by Gasteiger charge is 1.88. The monoisotopic (exact) mass is 210 g/mol. The molecular formula is C5H10N2O3S2. The molecule has 0 aromatic heterocycles. The normalized spacial score (nSPS) is 7.33. The Morgan fingerprint density at radius 1 is 1.33 bits per heavy atom. The van der Waals surface area contributed by atoms with E-state index in [-0.39, 0.29) is 17.5 Å². The predicted octanol–water partition coefficient (Wildman–Crippen LogP) is 0.106. The third-order valence-corrected chi connectivity index (χ3v) is 0.499. The van der Waals surface area contributed by atoms with Crippen molar-refractivity contribution in [2.45, 2.75) is 0 Å². The summed E-state index contributed by atoms with van der Waals surface area (Å²) in [5.41, 5.74) is 9.30. The molecule has 0 saturated carbocycles. The first kappa shape index (κ1) is 13.5. The fourth-order valence-electron chi connectivity index (χ4n) is 0.154. The predicted molar refractivity (Wildman–Crippen MR) is 53.9 cm³/mol. The summed E-state index contributed by atoms with van der Waals surface area (Å²) in [6, 6.07) is 0. The molecule has 0 aromatic carbocycles. The Labute approximate surface area is 80.6 Å². The van der Waals surface area contributed by atoms with Gasteiger partial charge in [0.05, 0.1) is 0 Å². The standard InChI is InChI=1S/C4H7NO2S.CH3NOS/c1-3(6)2-7-4(5)8;2-1(3)4/h6H,1-2H2,(H2,5,8);(H3,2,3,4). The third-order valence-electron chi connectivity index (χ3n) is 0.381. The Morgan fingerprint density at radius 2 is 1.67 bits per heavy atom. The molecule has 7 heteroatoms. The van der Waals surface area contributed by atoms with Gasteiger partial charge >= 0.3 is 0 Å². The second kappa shape index (κ2) is 8.02. The lowest BCUT2D eigenvalue weighted by molar-refractivity contribution is 0.265. The molecule has 0 fully saturated rings. The van der Waals surface area contributed by atoms with Gasteiger partial charge in [0, 0.05) is 0 Å². The van der Waals surface area contributed by atoms with Crippen LogP contribution >= 0.6 is 24.4 Å². The number of rotatable bonds is 2. The summed E-state index contributed by atoms with van der Waals surface area (Å²) in [6.45, 7) is 3.12. The van der Waals surface area contributed by atoms with Gasteiger partial charge in [-0.2, -0.15) is 0 Å². The van der Waals surface area contributed by atoms with E-state index in [0.29, 0.717) is 0 Å². The minimum Gasteiger partial charge on any atom is -0.509 e. The Morgan fingerprint density at radius 3 is 1.75 bits per heavy atom. The van der Waals surface area contributed by atoms with Crippen molar-refractivity contribution in [1.82, 2.24) is 0 Å². The zero-order chi connectivity index (χ0) is 10.1. The lowest BCUT2D eigenvalue weighted by Crippen LogP contribution is -2.13. The molecule has 0 aromatic rings. The lowest BCUT2D eigenvalue weighted by Gasteiger charge is -1.98. The summed E-state index contributed by atoms with van der Waals surface area (Å²) in [5.74, 6) is -0.0854. The van der Waals surface area contributed by atoms with Crippen molar-refractivity contribution in [1.29, 1.82) is 0 Å². The average molecular weight is 210 g/mol. The Balaban J connectivity index is 0. The maximum absolute atomic E-state index is 8.37. The highest BCUT2D eigenvalue weighted by Crippen LogP contribution is 1.82. The van der Waals surface area contributed by atoms with Crippen LogP contribution < -0.4 is 11.5 Å². The van der Waals surface area contributed by atoms with Crippen molar-refractivity contribution in [3.63, 3.8) is 0 Å². The van der Waals surface area contributed by atoms with E-state index < -0.39 is 5.17 Å². The van der Waals surface area contributed by atoms with Crippen LogP contribution in [0.3, 0.4) is 0 Å². The molecule has 0 heterocycles. The van der Waals surface area contributed by atoms with E-state index in [9.17, 15) is 0 Å². The van der Waals surface area contributed by atoms with Crippen molar-refractivity contribution in [3.8, 4) is 0 Å². The van der Waals surface area contributed by atoms with Crippen molar-refractivity contribution in [3.05, 3.63) is 12.3 Å². The van der Waals surface area contributed by atoms with E-state index in [1.807, 2.05) is 0 Å². The van der Waals surface area contributed by atoms with Gasteiger partial charge in [-0.15, -0.1) is 0 Å². The van der Waals surface area contributed by atoms with Gasteiger partial charge in [0.15, 0.2) is 0 Å². The van der Waals surface area contributed by atoms with E-state index in [1.165, 1.54) is 0 Å². The third kappa shape index (κ3) is 36.4. The highest BCUT2D eigenvalue weighted by molar-refractivity contribution is 7.80. The molecular weight excluding hydrogens is 200 g/mol. The molecule has 0 saturated heterocycles. The highest BCUT2D eigenvalue weighted by atomic mass is 32.1. The number of hydrogen-bond donors (Lipinski definition) is 4. The van der Waals surface area contributed by atoms with Crippen LogP contribution in [0.15, 0.2) is 12.3 Å². The van der Waals surface area contributed by atoms with Crippen LogP contribution in [-0.2, 0) is 4.74 Å². The maximum atomic E-state index is 8.37. The van der Waals surface area contributed by atoms with Crippen LogP contribution in [0.5, 0.6) is 0 Å². The number of ether oxygens (including phenoxy) is 1. The first-order valence-corrected chi connectivity index (χ1v) is 3.45. The summed E-state index contributed by atoms with van der Waals surface area (Å²) in [7, 11) is 0. The van der Waals surface area contributed by atoms with Crippen molar-refractivity contribution in [2.24, 2.45) is 11.5 Å². The Kier molecular flexibility index (Phi) is 9.03. The quantitative estimate of drug-likeness (QED) is 0.379. The van der Waals surface area contributed by atoms with Gasteiger partial charge in [-0.3, -0.25) is 0 Å². The van der Waals surface area contributed by atoms with Gasteiger partial charge in [-0.25, -0.2) is 0 Å². The smallest absolute Gasteiger partial charge is 0.254 e. The number of aliphatic hydroxyl groups is 2. The van der Waals surface area contributed by atoms with Crippen molar-refractivity contribution in [2.75, 3.05) is 6.61 Å². The first-order chi connectivity index (χ1) is 5.36. The molecule has 0 amide bonds. The van der Waals surface area contributed by atoms with Gasteiger partial charge in [-0.05, 0) is 24.4 Å². The summed E-state index contributed by atoms with van der Waals surface area (Å²) in [4.78, 5) is 0. The molecule has 0 radical (unpaired) electrons. The van der Waals surface area contributed by atoms with Crippen LogP contribution in [0, 0.1) is 0 Å². The van der Waals surface area contributed by atoms with Gasteiger partial charge in [0.25, 0.3) is 10.3 Å². The van der Waals surface area contributed by atoms with E-state index >= 15 is 0 Å². The summed E-state index contributed by atoms with van der Waals surface area (Å²) >= 11 is 8.19. The van der Waals surface area contributed by atoms with Crippen LogP contribution in [0.4, 0.5) is 0 Å². The number of hydrogen-bond acceptors (Lipinski definition) is 4. The second-order valence-electron chi connectivity index (χ2n) is 1.51. The zero-order valence-corrected chi connectivity index (χ0v) is 7.82. The molecule has 6 N–H and O–H groups in total. The fourth-order valence-corrected chi connectivity index (χ4v) is 0.213. The molecule has 0 spiro atoms. The largest absolute Gasteiger partial charge is 0.509 e. The van der Waals surface area contributed by atoms with Gasteiger partial charge < -0.3 is 26.4 Å². The number of aliphatic hydroxyl groups excluding tert-OH is 2. The van der Waals surface area contributed by atoms with E-state index in [4.69, 9.17) is 15.9 Å². The minimum atomic E-state index is -0.500. The van der Waals surface area contributed by atoms with Crippen LogP contribution in [0.1, 0.15) is 0 Å². The molecule has 70 valence electrons. The van der Waals surface area contributed by atoms with Crippen molar-refractivity contribution < 1.29 is 14.9 Å². The van der Waals surface area contributed by atoms with Crippen LogP contribution in [0.2, 0.25) is 0 Å². The van der Waals surface area contributed by atoms with Gasteiger partial charge in [0.1, 0.15) is 12.4 Å². The number of nitrogens with two attached hydrogens (primary N) is 2. The molecule has 0 bridgehead atoms. The summed E-state index contributed by atoms with van der Waals surface area (Å²) < 4.78 is 4.46. The molecule has 0 aliphatic heterocycles. The molecule has 0 aliphatic rings. The minimum absolute atomic E-state index is 0.0185. The Hall–Kier alpha value is -1.08. The van der Waals surface area contributed by atoms with Gasteiger partial charge in [0.2, 0.25) is 0 Å². The van der Waals surface area contributed by atoms with Gasteiger partial charge in [-0.1, -0.05) is 6.58 Å². The molecule has 12 heavy (non-hydrogen) atoms. The Bertz CT molecular complexity index is 166. The topological polar surface area (TPSA) is 102 Å². The van der Waals surface area contributed by atoms with E-state index in [0.717, 1.165) is 0 Å². The van der Waals surface area contributed by atoms with Crippen LogP contribution in [0.25, 0.3) is 0 Å². The lowest BCUT2D eigenvalue weighted by atomic mass is 10.6. The molecule has 0 aliphatic carbocycles. The number of thiocarbonyl (C=S) groups is 2. The summed E-state index contributed by atoms with van der Waals surface area (Å²) in [6.07, 6.45) is 0. The molecule has 0 rings (SSSR count). The van der Waals surface area contributed by atoms with E-state index in [2.05, 4.69) is 41.5 Å². The fraction of sp³-hybridized carbons (Fsp3) is 0.200. The molecule has 5 nitrogen and oxygen atoms in total. The molecule has 0 unspecified atom stereocenters. The SMILES string of the molecule is C=C(O)COC(N)=S.NC(O)=S. The maximum Gasteiger partial charge on any atom is 0.254 e. The summed E-state index contributed by atoms with van der Waals surface area (Å²) in [5, 5.41) is 15.3. The molecule has 0 atom stereocenters. The van der Waals surface area contributed by atoms with Crippen molar-refractivity contribution >= 4 is 34.8 Å². The first-order valence-electron chi connectivity index (χ1n) is 2.63. The van der Waals surface area contributed by atoms with Crippen LogP contribution in [-0.4, -0.2) is 27.2 Å². The zero-order valence-electron chi connectivity index (χ0n) is 6.19.